The van der Waals surface area contributed by atoms with Crippen molar-refractivity contribution in [3.05, 3.63) is 0 Å². The topological polar surface area (TPSA) is 60.0 Å². The van der Waals surface area contributed by atoms with Crippen molar-refractivity contribution < 1.29 is 4.79 Å². The zero-order valence-electron chi connectivity index (χ0n) is 17.1. The zero-order chi connectivity index (χ0) is 18.3. The molecule has 1 aliphatic heterocycles. The molecule has 26 heavy (non-hydrogen) atoms. The Hall–Kier alpha value is -0.570. The average molecular weight is 481 g/mol. The Kier molecular flexibility index (Phi) is 16.2. The largest absolute Gasteiger partial charge is 0.357 e. The Bertz CT molecular complexity index is 390. The van der Waals surface area contributed by atoms with Crippen molar-refractivity contribution in [2.75, 3.05) is 53.4 Å². The Morgan fingerprint density at radius 3 is 2.50 bits per heavy atom. The van der Waals surface area contributed by atoms with E-state index in [1.165, 1.54) is 38.6 Å². The normalized spacial score (nSPS) is 14.7. The number of carbonyl (C=O) groups is 1. The molecule has 0 aliphatic carbocycles. The van der Waals surface area contributed by atoms with Gasteiger partial charge in [-0.25, -0.2) is 0 Å². The Morgan fingerprint density at radius 1 is 1.12 bits per heavy atom. The molecule has 1 aliphatic rings. The van der Waals surface area contributed by atoms with Gasteiger partial charge >= 0.3 is 0 Å². The number of nitrogens with one attached hydrogen (secondary N) is 2. The minimum atomic E-state index is 0. The first-order valence-corrected chi connectivity index (χ1v) is 10.1. The number of guanidine groups is 1. The summed E-state index contributed by atoms with van der Waals surface area (Å²) in [5, 5.41) is 6.71. The van der Waals surface area contributed by atoms with E-state index in [2.05, 4.69) is 41.5 Å². The molecule has 154 valence electrons. The van der Waals surface area contributed by atoms with Gasteiger partial charge in [-0.1, -0.05) is 19.3 Å². The molecule has 1 saturated heterocycles. The standard InChI is InChI=1S/C19H39N5O.HI/c1-4-20-19(21-13-8-6-5-7-9-15-23(2)3)22-14-11-17-24-16-10-12-18(24)25;/h4-17H2,1-3H3,(H2,20,21,22);1H. The molecule has 0 bridgehead atoms. The predicted octanol–water partition coefficient (Wildman–Crippen LogP) is 2.68. The highest BCUT2D eigenvalue weighted by atomic mass is 127. The summed E-state index contributed by atoms with van der Waals surface area (Å²) < 4.78 is 0. The minimum Gasteiger partial charge on any atom is -0.357 e. The fourth-order valence-corrected chi connectivity index (χ4v) is 3.02. The predicted molar refractivity (Wildman–Crippen MR) is 121 cm³/mol. The summed E-state index contributed by atoms with van der Waals surface area (Å²) in [6, 6.07) is 0. The highest BCUT2D eigenvalue weighted by Crippen LogP contribution is 2.09. The highest BCUT2D eigenvalue weighted by molar-refractivity contribution is 14.0. The van der Waals surface area contributed by atoms with Gasteiger partial charge in [-0.05, 0) is 53.2 Å². The molecule has 0 saturated carbocycles. The second kappa shape index (κ2) is 16.6. The van der Waals surface area contributed by atoms with Gasteiger partial charge in [0.05, 0.1) is 0 Å². The fraction of sp³-hybridized carbons (Fsp3) is 0.895. The molecular weight excluding hydrogens is 441 g/mol. The molecule has 1 heterocycles. The first-order valence-electron chi connectivity index (χ1n) is 10.1. The number of hydrogen-bond acceptors (Lipinski definition) is 3. The molecule has 0 aromatic carbocycles. The maximum Gasteiger partial charge on any atom is 0.222 e. The van der Waals surface area contributed by atoms with Gasteiger partial charge in [-0.3, -0.25) is 9.79 Å². The summed E-state index contributed by atoms with van der Waals surface area (Å²) in [4.78, 5) is 20.4. The van der Waals surface area contributed by atoms with Crippen LogP contribution in [0.5, 0.6) is 0 Å². The SMILES string of the molecule is CCNC(=NCCCN1CCCC1=O)NCCCCCCCN(C)C.I. The molecule has 1 fully saturated rings. The summed E-state index contributed by atoms with van der Waals surface area (Å²) in [6.45, 7) is 7.67. The molecule has 2 N–H and O–H groups in total. The van der Waals surface area contributed by atoms with Gasteiger partial charge in [0.1, 0.15) is 0 Å². The van der Waals surface area contributed by atoms with Crippen molar-refractivity contribution in [3.8, 4) is 0 Å². The van der Waals surface area contributed by atoms with Crippen molar-refractivity contribution in [1.29, 1.82) is 0 Å². The molecule has 0 unspecified atom stereocenters. The van der Waals surface area contributed by atoms with E-state index in [-0.39, 0.29) is 24.0 Å². The van der Waals surface area contributed by atoms with Crippen molar-refractivity contribution in [2.45, 2.75) is 58.3 Å². The maximum atomic E-state index is 11.6. The molecule has 7 heteroatoms. The van der Waals surface area contributed by atoms with E-state index < -0.39 is 0 Å². The van der Waals surface area contributed by atoms with Crippen molar-refractivity contribution >= 4 is 35.8 Å². The summed E-state index contributed by atoms with van der Waals surface area (Å²) in [5.41, 5.74) is 0. The van der Waals surface area contributed by atoms with Gasteiger partial charge in [0.2, 0.25) is 5.91 Å². The van der Waals surface area contributed by atoms with E-state index in [0.717, 1.165) is 57.9 Å². The summed E-state index contributed by atoms with van der Waals surface area (Å²) in [7, 11) is 4.27. The lowest BCUT2D eigenvalue weighted by atomic mass is 10.1. The van der Waals surface area contributed by atoms with Crippen LogP contribution in [0.3, 0.4) is 0 Å². The van der Waals surface area contributed by atoms with Crippen LogP contribution in [0.25, 0.3) is 0 Å². The van der Waals surface area contributed by atoms with Gasteiger partial charge in [-0.2, -0.15) is 0 Å². The molecule has 0 aromatic rings. The number of halogens is 1. The highest BCUT2D eigenvalue weighted by Gasteiger charge is 2.18. The van der Waals surface area contributed by atoms with E-state index in [9.17, 15) is 4.79 Å². The van der Waals surface area contributed by atoms with E-state index in [1.807, 2.05) is 4.90 Å². The van der Waals surface area contributed by atoms with Gasteiger partial charge in [0.15, 0.2) is 5.96 Å². The van der Waals surface area contributed by atoms with E-state index in [4.69, 9.17) is 0 Å². The lowest BCUT2D eigenvalue weighted by Crippen LogP contribution is -2.38. The first kappa shape index (κ1) is 25.4. The van der Waals surface area contributed by atoms with Gasteiger partial charge in [-0.15, -0.1) is 24.0 Å². The third kappa shape index (κ3) is 12.7. The second-order valence-corrected chi connectivity index (χ2v) is 7.10. The zero-order valence-corrected chi connectivity index (χ0v) is 19.4. The van der Waals surface area contributed by atoms with Gasteiger partial charge < -0.3 is 20.4 Å². The Balaban J connectivity index is 0.00000625. The van der Waals surface area contributed by atoms with Crippen molar-refractivity contribution in [1.82, 2.24) is 20.4 Å². The number of amides is 1. The molecular formula is C19H40IN5O. The number of hydrogen-bond donors (Lipinski definition) is 2. The second-order valence-electron chi connectivity index (χ2n) is 7.10. The van der Waals surface area contributed by atoms with Crippen LogP contribution in [0.4, 0.5) is 0 Å². The van der Waals surface area contributed by atoms with Crippen molar-refractivity contribution in [3.63, 3.8) is 0 Å². The third-order valence-corrected chi connectivity index (χ3v) is 4.45. The summed E-state index contributed by atoms with van der Waals surface area (Å²) >= 11 is 0. The quantitative estimate of drug-likeness (QED) is 0.184. The third-order valence-electron chi connectivity index (χ3n) is 4.45. The summed E-state index contributed by atoms with van der Waals surface area (Å²) in [6.07, 6.45) is 9.07. The van der Waals surface area contributed by atoms with Crippen LogP contribution in [0, 0.1) is 0 Å². The van der Waals surface area contributed by atoms with Gasteiger partial charge in [0.25, 0.3) is 0 Å². The maximum absolute atomic E-state index is 11.6. The molecule has 0 atom stereocenters. The van der Waals surface area contributed by atoms with Gasteiger partial charge in [0, 0.05) is 39.1 Å². The molecule has 0 radical (unpaired) electrons. The first-order chi connectivity index (χ1) is 12.1. The van der Waals surface area contributed by atoms with Crippen LogP contribution in [0.2, 0.25) is 0 Å². The van der Waals surface area contributed by atoms with Crippen LogP contribution in [-0.4, -0.2) is 75.0 Å². The average Bonchev–Trinajstić information content (AvgIpc) is 2.98. The van der Waals surface area contributed by atoms with E-state index in [1.54, 1.807) is 0 Å². The van der Waals surface area contributed by atoms with E-state index in [0.29, 0.717) is 5.91 Å². The van der Waals surface area contributed by atoms with Crippen LogP contribution >= 0.6 is 24.0 Å². The Morgan fingerprint density at radius 2 is 1.85 bits per heavy atom. The number of unbranched alkanes of at least 4 members (excludes halogenated alkanes) is 4. The number of nitrogens with zero attached hydrogens (tertiary/aromatic N) is 3. The summed E-state index contributed by atoms with van der Waals surface area (Å²) in [5.74, 6) is 1.21. The van der Waals surface area contributed by atoms with Crippen LogP contribution in [0.1, 0.15) is 58.3 Å². The van der Waals surface area contributed by atoms with Crippen LogP contribution in [0.15, 0.2) is 4.99 Å². The van der Waals surface area contributed by atoms with Crippen LogP contribution in [-0.2, 0) is 4.79 Å². The molecule has 1 rings (SSSR count). The monoisotopic (exact) mass is 481 g/mol. The lowest BCUT2D eigenvalue weighted by molar-refractivity contribution is -0.127. The number of aliphatic imine (C=N–C) groups is 1. The fourth-order valence-electron chi connectivity index (χ4n) is 3.02. The van der Waals surface area contributed by atoms with Crippen LogP contribution < -0.4 is 10.6 Å². The number of rotatable bonds is 13. The minimum absolute atomic E-state index is 0. The lowest BCUT2D eigenvalue weighted by Gasteiger charge is -2.15. The van der Waals surface area contributed by atoms with E-state index >= 15 is 0 Å². The molecule has 0 spiro atoms. The molecule has 1 amide bonds. The number of likely N-dealkylation sites (tertiary alicyclic amines) is 1. The van der Waals surface area contributed by atoms with Crippen molar-refractivity contribution in [2.24, 2.45) is 4.99 Å². The molecule has 6 nitrogen and oxygen atoms in total. The molecule has 0 aromatic heterocycles. The Labute approximate surface area is 177 Å². The number of carbonyl (C=O) groups excluding carboxylic acids is 1. The smallest absolute Gasteiger partial charge is 0.222 e.